The van der Waals surface area contributed by atoms with Gasteiger partial charge >= 0.3 is 0 Å². The molecule has 1 atom stereocenters. The van der Waals surface area contributed by atoms with E-state index in [0.717, 1.165) is 13.0 Å². The average molecular weight is 255 g/mol. The molecule has 0 fully saturated rings. The van der Waals surface area contributed by atoms with Gasteiger partial charge in [-0.2, -0.15) is 0 Å². The molecule has 0 saturated carbocycles. The fraction of sp³-hybridized carbons (Fsp3) is 0.571. The Labute approximate surface area is 108 Å². The highest BCUT2D eigenvalue weighted by Gasteiger charge is 2.15. The van der Waals surface area contributed by atoms with E-state index in [0.29, 0.717) is 25.3 Å². The first-order chi connectivity index (χ1) is 8.79. The molecule has 0 aromatic heterocycles. The maximum absolute atomic E-state index is 13.7. The lowest BCUT2D eigenvalue weighted by molar-refractivity contribution is 0.0151. The standard InChI is InChI=1S/C14H22FNO2/c1-3-8-16-11-14(18-10-9-17-2)12-6-4-5-7-13(12)15/h4-7,14,16H,3,8-11H2,1-2H3. The van der Waals surface area contributed by atoms with Crippen molar-refractivity contribution in [3.63, 3.8) is 0 Å². The van der Waals surface area contributed by atoms with E-state index >= 15 is 0 Å². The zero-order valence-electron chi connectivity index (χ0n) is 11.1. The Morgan fingerprint density at radius 3 is 2.72 bits per heavy atom. The first-order valence-electron chi connectivity index (χ1n) is 6.35. The van der Waals surface area contributed by atoms with Gasteiger partial charge in [-0.15, -0.1) is 0 Å². The molecule has 1 rings (SSSR count). The number of hydrogen-bond acceptors (Lipinski definition) is 3. The van der Waals surface area contributed by atoms with Crippen molar-refractivity contribution < 1.29 is 13.9 Å². The average Bonchev–Trinajstić information content (AvgIpc) is 2.38. The number of rotatable bonds is 9. The Morgan fingerprint density at radius 1 is 1.28 bits per heavy atom. The van der Waals surface area contributed by atoms with Gasteiger partial charge in [0.05, 0.1) is 19.3 Å². The molecule has 0 bridgehead atoms. The summed E-state index contributed by atoms with van der Waals surface area (Å²) in [4.78, 5) is 0. The van der Waals surface area contributed by atoms with E-state index in [-0.39, 0.29) is 11.9 Å². The molecule has 0 saturated heterocycles. The quantitative estimate of drug-likeness (QED) is 0.688. The van der Waals surface area contributed by atoms with E-state index < -0.39 is 0 Å². The van der Waals surface area contributed by atoms with Gasteiger partial charge in [-0.3, -0.25) is 0 Å². The summed E-state index contributed by atoms with van der Waals surface area (Å²) in [5.74, 6) is -0.224. The Bertz CT molecular complexity index is 323. The molecule has 1 aromatic rings. The minimum atomic E-state index is -0.270. The molecule has 0 radical (unpaired) electrons. The van der Waals surface area contributed by atoms with Crippen molar-refractivity contribution in [2.24, 2.45) is 0 Å². The van der Waals surface area contributed by atoms with Gasteiger partial charge in [0.2, 0.25) is 0 Å². The number of hydrogen-bond donors (Lipinski definition) is 1. The fourth-order valence-corrected chi connectivity index (χ4v) is 1.68. The summed E-state index contributed by atoms with van der Waals surface area (Å²) < 4.78 is 24.3. The summed E-state index contributed by atoms with van der Waals surface area (Å²) >= 11 is 0. The summed E-state index contributed by atoms with van der Waals surface area (Å²) in [6, 6.07) is 6.73. The van der Waals surface area contributed by atoms with Crippen LogP contribution in [-0.4, -0.2) is 33.4 Å². The van der Waals surface area contributed by atoms with Crippen molar-refractivity contribution >= 4 is 0 Å². The van der Waals surface area contributed by atoms with Gasteiger partial charge in [0.1, 0.15) is 5.82 Å². The van der Waals surface area contributed by atoms with E-state index in [1.807, 2.05) is 6.07 Å². The third-order valence-electron chi connectivity index (χ3n) is 2.62. The van der Waals surface area contributed by atoms with Gasteiger partial charge < -0.3 is 14.8 Å². The van der Waals surface area contributed by atoms with Crippen LogP contribution in [0.1, 0.15) is 25.0 Å². The summed E-state index contributed by atoms with van der Waals surface area (Å²) in [5.41, 5.74) is 0.595. The highest BCUT2D eigenvalue weighted by atomic mass is 19.1. The third-order valence-corrected chi connectivity index (χ3v) is 2.62. The van der Waals surface area contributed by atoms with Gasteiger partial charge in [0.25, 0.3) is 0 Å². The topological polar surface area (TPSA) is 30.5 Å². The van der Waals surface area contributed by atoms with Crippen molar-refractivity contribution in [3.8, 4) is 0 Å². The van der Waals surface area contributed by atoms with Crippen LogP contribution in [0.5, 0.6) is 0 Å². The van der Waals surface area contributed by atoms with Crippen LogP contribution < -0.4 is 5.32 Å². The first kappa shape index (κ1) is 15.1. The monoisotopic (exact) mass is 255 g/mol. The summed E-state index contributed by atoms with van der Waals surface area (Å²) in [5, 5.41) is 3.26. The van der Waals surface area contributed by atoms with Crippen LogP contribution in [0, 0.1) is 5.82 Å². The molecule has 0 spiro atoms. The molecule has 4 heteroatoms. The van der Waals surface area contributed by atoms with Crippen molar-refractivity contribution in [1.82, 2.24) is 5.32 Å². The number of ether oxygens (including phenoxy) is 2. The predicted octanol–water partition coefficient (Wildman–Crippen LogP) is 2.53. The number of halogens is 1. The van der Waals surface area contributed by atoms with Gasteiger partial charge in [-0.1, -0.05) is 25.1 Å². The number of nitrogens with one attached hydrogen (secondary N) is 1. The maximum atomic E-state index is 13.7. The van der Waals surface area contributed by atoms with Crippen LogP contribution in [0.15, 0.2) is 24.3 Å². The smallest absolute Gasteiger partial charge is 0.129 e. The zero-order chi connectivity index (χ0) is 13.2. The maximum Gasteiger partial charge on any atom is 0.129 e. The second kappa shape index (κ2) is 9.03. The molecular formula is C14H22FNO2. The van der Waals surface area contributed by atoms with E-state index in [9.17, 15) is 4.39 Å². The Hall–Kier alpha value is -0.970. The first-order valence-corrected chi connectivity index (χ1v) is 6.35. The summed E-state index contributed by atoms with van der Waals surface area (Å²) in [6.45, 7) is 4.58. The molecule has 3 nitrogen and oxygen atoms in total. The molecule has 0 heterocycles. The van der Waals surface area contributed by atoms with E-state index in [4.69, 9.17) is 9.47 Å². The number of benzene rings is 1. The van der Waals surface area contributed by atoms with Crippen LogP contribution in [0.4, 0.5) is 4.39 Å². The van der Waals surface area contributed by atoms with E-state index in [1.54, 1.807) is 19.2 Å². The molecule has 18 heavy (non-hydrogen) atoms. The largest absolute Gasteiger partial charge is 0.382 e. The zero-order valence-corrected chi connectivity index (χ0v) is 11.1. The van der Waals surface area contributed by atoms with Crippen molar-refractivity contribution in [2.75, 3.05) is 33.4 Å². The molecule has 1 unspecified atom stereocenters. The molecule has 1 aromatic carbocycles. The molecule has 102 valence electrons. The van der Waals surface area contributed by atoms with E-state index in [2.05, 4.69) is 12.2 Å². The van der Waals surface area contributed by atoms with Crippen molar-refractivity contribution in [1.29, 1.82) is 0 Å². The van der Waals surface area contributed by atoms with Crippen molar-refractivity contribution in [2.45, 2.75) is 19.4 Å². The van der Waals surface area contributed by atoms with Crippen LogP contribution in [-0.2, 0) is 9.47 Å². The predicted molar refractivity (Wildman–Crippen MR) is 70.1 cm³/mol. The van der Waals surface area contributed by atoms with Crippen LogP contribution in [0.2, 0.25) is 0 Å². The highest BCUT2D eigenvalue weighted by molar-refractivity contribution is 5.20. The van der Waals surface area contributed by atoms with Crippen LogP contribution in [0.25, 0.3) is 0 Å². The SMILES string of the molecule is CCCNCC(OCCOC)c1ccccc1F. The van der Waals surface area contributed by atoms with Gasteiger partial charge in [0.15, 0.2) is 0 Å². The number of methoxy groups -OCH3 is 1. The summed E-state index contributed by atoms with van der Waals surface area (Å²) in [6.07, 6.45) is 0.773. The Morgan fingerprint density at radius 2 is 2.06 bits per heavy atom. The second-order valence-electron chi connectivity index (χ2n) is 4.08. The van der Waals surface area contributed by atoms with Gasteiger partial charge in [-0.25, -0.2) is 4.39 Å². The van der Waals surface area contributed by atoms with Gasteiger partial charge in [-0.05, 0) is 19.0 Å². The lowest BCUT2D eigenvalue weighted by atomic mass is 10.1. The lowest BCUT2D eigenvalue weighted by Gasteiger charge is -2.19. The highest BCUT2D eigenvalue weighted by Crippen LogP contribution is 2.19. The minimum Gasteiger partial charge on any atom is -0.382 e. The van der Waals surface area contributed by atoms with Gasteiger partial charge in [0, 0.05) is 19.2 Å². The second-order valence-corrected chi connectivity index (χ2v) is 4.08. The molecular weight excluding hydrogens is 233 g/mol. The molecule has 0 aliphatic rings. The minimum absolute atomic E-state index is 0.224. The third kappa shape index (κ3) is 5.12. The fourth-order valence-electron chi connectivity index (χ4n) is 1.68. The molecule has 0 amide bonds. The van der Waals surface area contributed by atoms with Crippen molar-refractivity contribution in [3.05, 3.63) is 35.6 Å². The van der Waals surface area contributed by atoms with Crippen LogP contribution in [0.3, 0.4) is 0 Å². The molecule has 1 N–H and O–H groups in total. The van der Waals surface area contributed by atoms with E-state index in [1.165, 1.54) is 6.07 Å². The Balaban J connectivity index is 2.60. The lowest BCUT2D eigenvalue weighted by Crippen LogP contribution is -2.25. The molecule has 0 aliphatic heterocycles. The molecule has 0 aliphatic carbocycles. The summed E-state index contributed by atoms with van der Waals surface area (Å²) in [7, 11) is 1.62. The normalized spacial score (nSPS) is 12.6. The van der Waals surface area contributed by atoms with Crippen LogP contribution >= 0.6 is 0 Å². The Kier molecular flexibility index (Phi) is 7.57.